The molecule has 0 heterocycles. The van der Waals surface area contributed by atoms with Crippen molar-refractivity contribution < 1.29 is 22.7 Å². The van der Waals surface area contributed by atoms with Gasteiger partial charge in [0.15, 0.2) is 0 Å². The van der Waals surface area contributed by atoms with E-state index in [0.29, 0.717) is 17.5 Å². The van der Waals surface area contributed by atoms with E-state index in [-0.39, 0.29) is 12.6 Å². The molecule has 1 rings (SSSR count). The summed E-state index contributed by atoms with van der Waals surface area (Å²) in [6, 6.07) is 3.48. The molecule has 0 fully saturated rings. The van der Waals surface area contributed by atoms with Crippen LogP contribution in [-0.4, -0.2) is 12.6 Å². The fourth-order valence-corrected chi connectivity index (χ4v) is 2.17. The summed E-state index contributed by atoms with van der Waals surface area (Å²) in [5.74, 6) is -0.876. The van der Waals surface area contributed by atoms with Gasteiger partial charge in [-0.05, 0) is 43.5 Å². The van der Waals surface area contributed by atoms with E-state index in [4.69, 9.17) is 4.74 Å². The highest BCUT2D eigenvalue weighted by Gasteiger charge is 2.32. The highest BCUT2D eigenvalue weighted by molar-refractivity contribution is 5.78. The van der Waals surface area contributed by atoms with Crippen LogP contribution in [-0.2, 0) is 15.7 Å². The van der Waals surface area contributed by atoms with Crippen LogP contribution >= 0.6 is 0 Å². The van der Waals surface area contributed by atoms with Crippen LogP contribution in [0.4, 0.5) is 13.2 Å². The lowest BCUT2D eigenvalue weighted by Crippen LogP contribution is -2.17. The van der Waals surface area contributed by atoms with E-state index >= 15 is 0 Å². The van der Waals surface area contributed by atoms with Gasteiger partial charge in [0.1, 0.15) is 0 Å². The number of hydrogen-bond donors (Lipinski definition) is 0. The molecule has 112 valence electrons. The van der Waals surface area contributed by atoms with Gasteiger partial charge in [0.25, 0.3) is 0 Å². The van der Waals surface area contributed by atoms with Crippen molar-refractivity contribution in [3.8, 4) is 0 Å². The first-order chi connectivity index (χ1) is 9.31. The van der Waals surface area contributed by atoms with Gasteiger partial charge in [-0.15, -0.1) is 0 Å². The van der Waals surface area contributed by atoms with E-state index in [1.807, 2.05) is 6.92 Å². The molecule has 0 amide bonds. The second kappa shape index (κ2) is 6.77. The second-order valence-electron chi connectivity index (χ2n) is 4.66. The van der Waals surface area contributed by atoms with Crippen molar-refractivity contribution in [3.05, 3.63) is 34.9 Å². The number of carbonyl (C=O) groups excluding carboxylic acids is 1. The molecule has 0 saturated carbocycles. The molecule has 0 bridgehead atoms. The SMILES string of the molecule is CCCC(C(=O)OCC)c1ccc(C(F)(F)F)cc1C. The van der Waals surface area contributed by atoms with Gasteiger partial charge < -0.3 is 4.74 Å². The molecule has 5 heteroatoms. The fraction of sp³-hybridized carbons (Fsp3) is 0.533. The van der Waals surface area contributed by atoms with E-state index in [9.17, 15) is 18.0 Å². The number of halogens is 3. The molecule has 0 aliphatic rings. The molecular formula is C15H19F3O2. The summed E-state index contributed by atoms with van der Waals surface area (Å²) in [5.41, 5.74) is 0.377. The van der Waals surface area contributed by atoms with Crippen LogP contribution in [0.25, 0.3) is 0 Å². The molecular weight excluding hydrogens is 269 g/mol. The van der Waals surface area contributed by atoms with Gasteiger partial charge in [-0.25, -0.2) is 0 Å². The maximum atomic E-state index is 12.6. The Morgan fingerprint density at radius 3 is 2.40 bits per heavy atom. The zero-order chi connectivity index (χ0) is 15.3. The summed E-state index contributed by atoms with van der Waals surface area (Å²) in [6.45, 7) is 5.48. The first kappa shape index (κ1) is 16.5. The summed E-state index contributed by atoms with van der Waals surface area (Å²) in [5, 5.41) is 0. The maximum absolute atomic E-state index is 12.6. The Labute approximate surface area is 116 Å². The van der Waals surface area contributed by atoms with Crippen LogP contribution < -0.4 is 0 Å². The minimum atomic E-state index is -4.37. The molecule has 0 aliphatic heterocycles. The Morgan fingerprint density at radius 1 is 1.30 bits per heavy atom. The van der Waals surface area contributed by atoms with Gasteiger partial charge in [-0.3, -0.25) is 4.79 Å². The predicted octanol–water partition coefficient (Wildman–Crippen LogP) is 4.46. The molecule has 0 radical (unpaired) electrons. The van der Waals surface area contributed by atoms with Gasteiger partial charge in [-0.2, -0.15) is 13.2 Å². The third kappa shape index (κ3) is 3.99. The van der Waals surface area contributed by atoms with E-state index in [1.165, 1.54) is 6.07 Å². The third-order valence-corrected chi connectivity index (χ3v) is 3.12. The van der Waals surface area contributed by atoms with E-state index in [2.05, 4.69) is 0 Å². The average Bonchev–Trinajstić information content (AvgIpc) is 2.35. The van der Waals surface area contributed by atoms with Crippen LogP contribution in [0.1, 0.15) is 49.3 Å². The summed E-state index contributed by atoms with van der Waals surface area (Å²) in [4.78, 5) is 11.9. The Morgan fingerprint density at radius 2 is 1.95 bits per heavy atom. The minimum absolute atomic E-state index is 0.263. The van der Waals surface area contributed by atoms with Crippen molar-refractivity contribution >= 4 is 5.97 Å². The molecule has 1 aromatic carbocycles. The van der Waals surface area contributed by atoms with Crippen LogP contribution in [0.5, 0.6) is 0 Å². The van der Waals surface area contributed by atoms with Gasteiger partial charge in [0, 0.05) is 0 Å². The van der Waals surface area contributed by atoms with E-state index < -0.39 is 17.7 Å². The van der Waals surface area contributed by atoms with Crippen molar-refractivity contribution in [1.29, 1.82) is 0 Å². The lowest BCUT2D eigenvalue weighted by atomic mass is 9.90. The molecule has 0 saturated heterocycles. The van der Waals surface area contributed by atoms with Gasteiger partial charge in [0.2, 0.25) is 0 Å². The van der Waals surface area contributed by atoms with Crippen LogP contribution in [0, 0.1) is 6.92 Å². The highest BCUT2D eigenvalue weighted by Crippen LogP contribution is 2.33. The molecule has 0 aromatic heterocycles. The quantitative estimate of drug-likeness (QED) is 0.748. The van der Waals surface area contributed by atoms with Crippen molar-refractivity contribution in [2.24, 2.45) is 0 Å². The van der Waals surface area contributed by atoms with Gasteiger partial charge >= 0.3 is 12.1 Å². The third-order valence-electron chi connectivity index (χ3n) is 3.12. The van der Waals surface area contributed by atoms with Crippen molar-refractivity contribution in [1.82, 2.24) is 0 Å². The summed E-state index contributed by atoms with van der Waals surface area (Å²) >= 11 is 0. The Hall–Kier alpha value is -1.52. The summed E-state index contributed by atoms with van der Waals surface area (Å²) < 4.78 is 42.9. The normalized spacial score (nSPS) is 13.1. The number of aryl methyl sites for hydroxylation is 1. The summed E-state index contributed by atoms with van der Waals surface area (Å²) in [7, 11) is 0. The number of hydrogen-bond acceptors (Lipinski definition) is 2. The predicted molar refractivity (Wildman–Crippen MR) is 70.5 cm³/mol. The van der Waals surface area contributed by atoms with Crippen molar-refractivity contribution in [3.63, 3.8) is 0 Å². The summed E-state index contributed by atoms with van der Waals surface area (Å²) in [6.07, 6.45) is -3.05. The average molecular weight is 288 g/mol. The first-order valence-corrected chi connectivity index (χ1v) is 6.65. The Bertz CT molecular complexity index is 467. The standard InChI is InChI=1S/C15H19F3O2/c1-4-6-13(14(19)20-5-2)12-8-7-11(9-10(12)3)15(16,17)18/h7-9,13H,4-6H2,1-3H3. The van der Waals surface area contributed by atoms with Gasteiger partial charge in [0.05, 0.1) is 18.1 Å². The number of ether oxygens (including phenoxy) is 1. The van der Waals surface area contributed by atoms with Crippen LogP contribution in [0.2, 0.25) is 0 Å². The molecule has 1 aromatic rings. The van der Waals surface area contributed by atoms with Crippen LogP contribution in [0.3, 0.4) is 0 Å². The Balaban J connectivity index is 3.12. The fourth-order valence-electron chi connectivity index (χ4n) is 2.17. The van der Waals surface area contributed by atoms with E-state index in [0.717, 1.165) is 18.6 Å². The van der Waals surface area contributed by atoms with Crippen molar-refractivity contribution in [2.45, 2.75) is 45.7 Å². The second-order valence-corrected chi connectivity index (χ2v) is 4.66. The number of rotatable bonds is 5. The molecule has 20 heavy (non-hydrogen) atoms. The molecule has 0 spiro atoms. The number of alkyl halides is 3. The molecule has 1 atom stereocenters. The number of esters is 1. The minimum Gasteiger partial charge on any atom is -0.466 e. The monoisotopic (exact) mass is 288 g/mol. The first-order valence-electron chi connectivity index (χ1n) is 6.65. The Kier molecular flexibility index (Phi) is 5.60. The molecule has 0 aliphatic carbocycles. The smallest absolute Gasteiger partial charge is 0.416 e. The lowest BCUT2D eigenvalue weighted by Gasteiger charge is -2.18. The number of carbonyl (C=O) groups is 1. The molecule has 2 nitrogen and oxygen atoms in total. The zero-order valence-electron chi connectivity index (χ0n) is 11.9. The molecule has 1 unspecified atom stereocenters. The highest BCUT2D eigenvalue weighted by atomic mass is 19.4. The number of benzene rings is 1. The maximum Gasteiger partial charge on any atom is 0.416 e. The molecule has 0 N–H and O–H groups in total. The van der Waals surface area contributed by atoms with Crippen molar-refractivity contribution in [2.75, 3.05) is 6.61 Å². The lowest BCUT2D eigenvalue weighted by molar-refractivity contribution is -0.145. The zero-order valence-corrected chi connectivity index (χ0v) is 11.9. The van der Waals surface area contributed by atoms with E-state index in [1.54, 1.807) is 13.8 Å². The largest absolute Gasteiger partial charge is 0.466 e. The van der Waals surface area contributed by atoms with Gasteiger partial charge in [-0.1, -0.05) is 19.4 Å². The van der Waals surface area contributed by atoms with Crippen LogP contribution in [0.15, 0.2) is 18.2 Å². The topological polar surface area (TPSA) is 26.3 Å².